The Balaban J connectivity index is 0.899. The van der Waals surface area contributed by atoms with Gasteiger partial charge in [0.25, 0.3) is 13.4 Å². The average molecular weight is 1260 g/mol. The van der Waals surface area contributed by atoms with Gasteiger partial charge in [-0.05, 0) is 172 Å². The molecule has 0 saturated heterocycles. The standard InChI is InChI=1S/C90H60B2N6O/c1-8-31-61(32-9-1)93(62-33-10-2-11-34-62)68-55-83-88-84(56-68)96(66-41-18-6-19-42-66)81-60-82-77(59-76(81)91(88)74-49-24-27-52-79(74)95(83)65-39-16-5-17-40-65)92-75-50-25-28-53-80(75)98(78-51-26-22-45-70(78)72-47-30-48-73-71-46-23-29-54-87(71)99-90(72)73)86-58-69(57-85(89(86)92)97(82)67-43-20-7-21-44-67)94(63-35-12-3-13-36-63)64-37-14-4-15-38-64/h1-60H. The highest BCUT2D eigenvalue weighted by Crippen LogP contribution is 2.54. The van der Waals surface area contributed by atoms with E-state index in [1.165, 1.54) is 32.8 Å². The molecule has 0 fully saturated rings. The molecule has 1 aromatic heterocycles. The van der Waals surface area contributed by atoms with Gasteiger partial charge < -0.3 is 33.8 Å². The summed E-state index contributed by atoms with van der Waals surface area (Å²) in [5.74, 6) is 0. The SMILES string of the molecule is c1ccc(N(c2ccccc2)c2cc3c4c(c2)N(c2ccccc2)c2cc5c(cc2B4c2ccccc2N3c2ccccc2)B2c3ccccc3N(c3ccccc3-c3cccc4c3oc3ccccc34)c3cc(N(c4ccccc4)c4ccccc4)cc(c32)N5c2ccccc2)cc1. The Bertz CT molecular complexity index is 5730. The van der Waals surface area contributed by atoms with Gasteiger partial charge in [0.1, 0.15) is 11.2 Å². The van der Waals surface area contributed by atoms with Gasteiger partial charge >= 0.3 is 0 Å². The van der Waals surface area contributed by atoms with Crippen LogP contribution in [0.4, 0.5) is 102 Å². The van der Waals surface area contributed by atoms with Gasteiger partial charge in [-0.1, -0.05) is 224 Å². The first-order valence-corrected chi connectivity index (χ1v) is 34.1. The molecule has 5 heterocycles. The number of benzene rings is 15. The maximum absolute atomic E-state index is 6.93. The van der Waals surface area contributed by atoms with Gasteiger partial charge in [0, 0.05) is 107 Å². The normalized spacial score (nSPS) is 12.9. The molecule has 9 heteroatoms. The number of para-hydroxylation sites is 12. The third-order valence-electron chi connectivity index (χ3n) is 20.5. The fourth-order valence-corrected chi connectivity index (χ4v) is 16.5. The molecule has 99 heavy (non-hydrogen) atoms. The summed E-state index contributed by atoms with van der Waals surface area (Å²) >= 11 is 0. The summed E-state index contributed by atoms with van der Waals surface area (Å²) in [6.45, 7) is -0.424. The van der Waals surface area contributed by atoms with Crippen molar-refractivity contribution in [3.05, 3.63) is 364 Å². The molecule has 0 atom stereocenters. The molecule has 4 aliphatic heterocycles. The molecule has 462 valence electrons. The lowest BCUT2D eigenvalue weighted by Crippen LogP contribution is -2.65. The number of rotatable bonds is 11. The molecule has 16 aromatic rings. The maximum atomic E-state index is 6.93. The number of anilines is 18. The minimum absolute atomic E-state index is 0.190. The number of fused-ring (bicyclic) bond motifs is 11. The highest BCUT2D eigenvalue weighted by molar-refractivity contribution is 7.03. The second-order valence-corrected chi connectivity index (χ2v) is 25.9. The van der Waals surface area contributed by atoms with Gasteiger partial charge in [-0.3, -0.25) is 0 Å². The lowest BCUT2D eigenvalue weighted by molar-refractivity contribution is 0.670. The van der Waals surface area contributed by atoms with E-state index in [-0.39, 0.29) is 13.4 Å². The molecule has 0 amide bonds. The Morgan fingerprint density at radius 1 is 0.222 bits per heavy atom. The number of hydrogen-bond donors (Lipinski definition) is 0. The van der Waals surface area contributed by atoms with E-state index in [2.05, 4.69) is 393 Å². The molecule has 0 bridgehead atoms. The Kier molecular flexibility index (Phi) is 13.0. The molecule has 20 rings (SSSR count). The number of furan rings is 1. The minimum Gasteiger partial charge on any atom is -0.455 e. The van der Waals surface area contributed by atoms with Crippen LogP contribution in [0.25, 0.3) is 33.1 Å². The smallest absolute Gasteiger partial charge is 0.252 e. The zero-order valence-corrected chi connectivity index (χ0v) is 53.9. The summed E-state index contributed by atoms with van der Waals surface area (Å²) in [6.07, 6.45) is 0. The minimum atomic E-state index is -0.233. The van der Waals surface area contributed by atoms with Crippen LogP contribution in [0.2, 0.25) is 0 Å². The van der Waals surface area contributed by atoms with Gasteiger partial charge in [-0.15, -0.1) is 0 Å². The summed E-state index contributed by atoms with van der Waals surface area (Å²) in [7, 11) is 0. The zero-order chi connectivity index (χ0) is 65.1. The van der Waals surface area contributed by atoms with Gasteiger partial charge in [0.05, 0.1) is 17.1 Å². The lowest BCUT2D eigenvalue weighted by Gasteiger charge is -2.48. The predicted octanol–water partition coefficient (Wildman–Crippen LogP) is 20.4. The van der Waals surface area contributed by atoms with Crippen LogP contribution in [0.5, 0.6) is 0 Å². The Morgan fingerprint density at radius 2 is 0.566 bits per heavy atom. The van der Waals surface area contributed by atoms with Gasteiger partial charge in [0.2, 0.25) is 0 Å². The molecule has 0 spiro atoms. The van der Waals surface area contributed by atoms with Gasteiger partial charge in [0.15, 0.2) is 0 Å². The molecule has 15 aromatic carbocycles. The summed E-state index contributed by atoms with van der Waals surface area (Å²) in [6, 6.07) is 134. The van der Waals surface area contributed by atoms with Gasteiger partial charge in [-0.25, -0.2) is 0 Å². The van der Waals surface area contributed by atoms with Crippen LogP contribution in [0.1, 0.15) is 0 Å². The van der Waals surface area contributed by atoms with Crippen LogP contribution in [-0.4, -0.2) is 13.4 Å². The average Bonchev–Trinajstić information content (AvgIpc) is 1.14. The van der Waals surface area contributed by atoms with E-state index in [1.807, 2.05) is 0 Å². The van der Waals surface area contributed by atoms with Crippen LogP contribution < -0.4 is 62.2 Å². The van der Waals surface area contributed by atoms with E-state index in [9.17, 15) is 0 Å². The second-order valence-electron chi connectivity index (χ2n) is 25.9. The summed E-state index contributed by atoms with van der Waals surface area (Å²) in [5, 5.41) is 2.19. The topological polar surface area (TPSA) is 32.6 Å². The van der Waals surface area contributed by atoms with Crippen molar-refractivity contribution in [1.82, 2.24) is 0 Å². The Labute approximate surface area is 576 Å². The first-order chi connectivity index (χ1) is 49.2. The zero-order valence-electron chi connectivity index (χ0n) is 53.9. The van der Waals surface area contributed by atoms with Crippen molar-refractivity contribution in [2.75, 3.05) is 29.4 Å². The molecule has 0 radical (unpaired) electrons. The first-order valence-electron chi connectivity index (χ1n) is 34.1. The fourth-order valence-electron chi connectivity index (χ4n) is 16.5. The predicted molar refractivity (Wildman–Crippen MR) is 417 cm³/mol. The Morgan fingerprint density at radius 3 is 1.03 bits per heavy atom. The van der Waals surface area contributed by atoms with E-state index >= 15 is 0 Å². The molecule has 0 saturated carbocycles. The van der Waals surface area contributed by atoms with Gasteiger partial charge in [-0.2, -0.15) is 0 Å². The molecular formula is C90H60B2N6O. The van der Waals surface area contributed by atoms with Crippen molar-refractivity contribution >= 4 is 171 Å². The van der Waals surface area contributed by atoms with E-state index in [4.69, 9.17) is 4.42 Å². The van der Waals surface area contributed by atoms with Crippen molar-refractivity contribution < 1.29 is 4.42 Å². The highest BCUT2D eigenvalue weighted by atomic mass is 16.3. The second kappa shape index (κ2) is 22.9. The van der Waals surface area contributed by atoms with Crippen molar-refractivity contribution in [3.63, 3.8) is 0 Å². The quantitative estimate of drug-likeness (QED) is 0.119. The van der Waals surface area contributed by atoms with E-state index in [1.54, 1.807) is 0 Å². The van der Waals surface area contributed by atoms with Crippen molar-refractivity contribution in [3.8, 4) is 11.1 Å². The van der Waals surface area contributed by atoms with E-state index < -0.39 is 0 Å². The first kappa shape index (κ1) is 56.4. The lowest BCUT2D eigenvalue weighted by atomic mass is 9.30. The third-order valence-corrected chi connectivity index (χ3v) is 20.5. The molecule has 4 aliphatic rings. The van der Waals surface area contributed by atoms with E-state index in [0.29, 0.717) is 0 Å². The molecule has 7 nitrogen and oxygen atoms in total. The summed E-state index contributed by atoms with van der Waals surface area (Å²) in [4.78, 5) is 15.1. The number of nitrogens with zero attached hydrogens (tertiary/aromatic N) is 6. The Hall–Kier alpha value is -13.0. The molecular weight excluding hydrogens is 1200 g/mol. The highest BCUT2D eigenvalue weighted by Gasteiger charge is 2.49. The summed E-state index contributed by atoms with van der Waals surface area (Å²) in [5.41, 5.74) is 30.7. The van der Waals surface area contributed by atoms with Crippen molar-refractivity contribution in [1.29, 1.82) is 0 Å². The summed E-state index contributed by atoms with van der Waals surface area (Å²) < 4.78 is 6.93. The molecule has 0 unspecified atom stereocenters. The monoisotopic (exact) mass is 1260 g/mol. The molecule has 0 N–H and O–H groups in total. The third kappa shape index (κ3) is 8.87. The molecule has 0 aliphatic carbocycles. The van der Waals surface area contributed by atoms with Crippen molar-refractivity contribution in [2.45, 2.75) is 0 Å². The fraction of sp³-hybridized carbons (Fsp3) is 0. The maximum Gasteiger partial charge on any atom is 0.252 e. The largest absolute Gasteiger partial charge is 0.455 e. The van der Waals surface area contributed by atoms with Crippen LogP contribution in [0.15, 0.2) is 368 Å². The number of hydrogen-bond acceptors (Lipinski definition) is 7. The van der Waals surface area contributed by atoms with Crippen LogP contribution >= 0.6 is 0 Å². The van der Waals surface area contributed by atoms with Crippen LogP contribution in [-0.2, 0) is 0 Å². The van der Waals surface area contributed by atoms with Crippen LogP contribution in [0, 0.1) is 0 Å². The van der Waals surface area contributed by atoms with Crippen LogP contribution in [0.3, 0.4) is 0 Å². The van der Waals surface area contributed by atoms with E-state index in [0.717, 1.165) is 135 Å². The van der Waals surface area contributed by atoms with Crippen molar-refractivity contribution in [2.24, 2.45) is 0 Å².